The van der Waals surface area contributed by atoms with Crippen molar-refractivity contribution < 1.29 is 9.63 Å². The number of hydrogen-bond donors (Lipinski definition) is 1. The molecule has 1 rings (SSSR count). The van der Waals surface area contributed by atoms with Crippen LogP contribution in [0.1, 0.15) is 20.8 Å². The summed E-state index contributed by atoms with van der Waals surface area (Å²) in [5.74, 6) is -0.289. The summed E-state index contributed by atoms with van der Waals surface area (Å²) in [5, 5.41) is 0. The number of anilines is 1. The molecule has 0 radical (unpaired) electrons. The molecule has 0 aliphatic heterocycles. The Labute approximate surface area is 97.9 Å². The van der Waals surface area contributed by atoms with Gasteiger partial charge in [0, 0.05) is 4.47 Å². The third kappa shape index (κ3) is 3.91. The highest BCUT2D eigenvalue weighted by atomic mass is 79.9. The first kappa shape index (κ1) is 12.0. The van der Waals surface area contributed by atoms with Crippen LogP contribution < -0.4 is 5.48 Å². The van der Waals surface area contributed by atoms with E-state index in [1.807, 2.05) is 24.3 Å². The fourth-order valence-electron chi connectivity index (χ4n) is 0.810. The molecule has 1 aromatic carbocycles. The summed E-state index contributed by atoms with van der Waals surface area (Å²) >= 11 is 3.33. The zero-order chi connectivity index (χ0) is 11.5. The molecule has 0 spiro atoms. The molecule has 0 fully saturated rings. The summed E-state index contributed by atoms with van der Waals surface area (Å²) in [5.41, 5.74) is 2.85. The van der Waals surface area contributed by atoms with Gasteiger partial charge in [-0.3, -0.25) is 0 Å². The Morgan fingerprint density at radius 3 is 2.60 bits per heavy atom. The monoisotopic (exact) mass is 271 g/mol. The van der Waals surface area contributed by atoms with Crippen LogP contribution in [0.3, 0.4) is 0 Å². The molecule has 82 valence electrons. The van der Waals surface area contributed by atoms with Crippen LogP contribution >= 0.6 is 15.9 Å². The second-order valence-electron chi connectivity index (χ2n) is 4.25. The molecule has 0 aliphatic rings. The molecule has 0 bridgehead atoms. The highest BCUT2D eigenvalue weighted by Crippen LogP contribution is 2.18. The summed E-state index contributed by atoms with van der Waals surface area (Å²) < 4.78 is 0.930. The van der Waals surface area contributed by atoms with Gasteiger partial charge >= 0.3 is 5.97 Å². The molecule has 0 saturated heterocycles. The molecule has 0 atom stereocenters. The Kier molecular flexibility index (Phi) is 3.74. The normalized spacial score (nSPS) is 10.9. The number of halogens is 1. The van der Waals surface area contributed by atoms with E-state index in [2.05, 4.69) is 21.4 Å². The summed E-state index contributed by atoms with van der Waals surface area (Å²) in [6.07, 6.45) is 0. The molecule has 0 unspecified atom stereocenters. The van der Waals surface area contributed by atoms with E-state index in [0.717, 1.165) is 10.2 Å². The van der Waals surface area contributed by atoms with Crippen molar-refractivity contribution in [1.82, 2.24) is 0 Å². The van der Waals surface area contributed by atoms with Crippen LogP contribution in [0.5, 0.6) is 0 Å². The quantitative estimate of drug-likeness (QED) is 0.839. The van der Waals surface area contributed by atoms with Crippen LogP contribution in [-0.4, -0.2) is 5.97 Å². The number of nitrogens with one attached hydrogen (secondary N) is 1. The summed E-state index contributed by atoms with van der Waals surface area (Å²) in [6.45, 7) is 5.41. The van der Waals surface area contributed by atoms with Crippen LogP contribution in [0.15, 0.2) is 28.7 Å². The molecule has 0 amide bonds. The lowest BCUT2D eigenvalue weighted by Gasteiger charge is -2.16. The Morgan fingerprint density at radius 2 is 2.07 bits per heavy atom. The summed E-state index contributed by atoms with van der Waals surface area (Å²) in [7, 11) is 0. The SMILES string of the molecule is CC(C)(C)C(=O)ONc1cccc(Br)c1. The molecule has 1 N–H and O–H groups in total. The van der Waals surface area contributed by atoms with Gasteiger partial charge in [-0.2, -0.15) is 0 Å². The molecule has 0 saturated carbocycles. The predicted molar refractivity (Wildman–Crippen MR) is 63.3 cm³/mol. The lowest BCUT2D eigenvalue weighted by molar-refractivity contribution is -0.149. The van der Waals surface area contributed by atoms with Crippen molar-refractivity contribution in [1.29, 1.82) is 0 Å². The number of benzene rings is 1. The van der Waals surface area contributed by atoms with Gasteiger partial charge in [-0.05, 0) is 39.0 Å². The maximum atomic E-state index is 11.4. The molecule has 0 aliphatic carbocycles. The Bertz CT molecular complexity index is 358. The minimum atomic E-state index is -0.501. The maximum Gasteiger partial charge on any atom is 0.337 e. The first-order chi connectivity index (χ1) is 6.89. The van der Waals surface area contributed by atoms with Gasteiger partial charge in [0.05, 0.1) is 11.1 Å². The zero-order valence-corrected chi connectivity index (χ0v) is 10.6. The first-order valence-corrected chi connectivity index (χ1v) is 5.42. The smallest absolute Gasteiger partial charge is 0.337 e. The average molecular weight is 272 g/mol. The van der Waals surface area contributed by atoms with Gasteiger partial charge in [-0.1, -0.05) is 22.0 Å². The third-order valence-electron chi connectivity index (χ3n) is 1.70. The molecule has 4 heteroatoms. The van der Waals surface area contributed by atoms with E-state index < -0.39 is 5.41 Å². The topological polar surface area (TPSA) is 38.3 Å². The summed E-state index contributed by atoms with van der Waals surface area (Å²) in [4.78, 5) is 16.4. The minimum absolute atomic E-state index is 0.289. The van der Waals surface area contributed by atoms with E-state index in [0.29, 0.717) is 0 Å². The van der Waals surface area contributed by atoms with Gasteiger partial charge in [-0.15, -0.1) is 0 Å². The number of hydrogen-bond acceptors (Lipinski definition) is 3. The molecule has 0 heterocycles. The maximum absolute atomic E-state index is 11.4. The molecular formula is C11H14BrNO2. The number of rotatable bonds is 2. The standard InChI is InChI=1S/C11H14BrNO2/c1-11(2,3)10(14)15-13-9-6-4-5-8(12)7-9/h4-7,13H,1-3H3. The summed E-state index contributed by atoms with van der Waals surface area (Å²) in [6, 6.07) is 7.41. The highest BCUT2D eigenvalue weighted by molar-refractivity contribution is 9.10. The molecular weight excluding hydrogens is 258 g/mol. The second kappa shape index (κ2) is 4.66. The van der Waals surface area contributed by atoms with Crippen molar-refractivity contribution in [2.75, 3.05) is 5.48 Å². The van der Waals surface area contributed by atoms with Crippen LogP contribution in [0.2, 0.25) is 0 Å². The first-order valence-electron chi connectivity index (χ1n) is 4.62. The Balaban J connectivity index is 2.55. The Morgan fingerprint density at radius 1 is 1.40 bits per heavy atom. The van der Waals surface area contributed by atoms with Gasteiger partial charge in [0.15, 0.2) is 0 Å². The van der Waals surface area contributed by atoms with Crippen molar-refractivity contribution in [3.05, 3.63) is 28.7 Å². The van der Waals surface area contributed by atoms with E-state index in [-0.39, 0.29) is 5.97 Å². The van der Waals surface area contributed by atoms with Crippen molar-refractivity contribution in [3.8, 4) is 0 Å². The zero-order valence-electron chi connectivity index (χ0n) is 9.00. The largest absolute Gasteiger partial charge is 0.343 e. The Hall–Kier alpha value is -1.03. The van der Waals surface area contributed by atoms with Crippen molar-refractivity contribution in [3.63, 3.8) is 0 Å². The van der Waals surface area contributed by atoms with Crippen LogP contribution in [0.4, 0.5) is 5.69 Å². The number of carbonyl (C=O) groups excluding carboxylic acids is 1. The van der Waals surface area contributed by atoms with Gasteiger partial charge in [-0.25, -0.2) is 10.3 Å². The van der Waals surface area contributed by atoms with Crippen LogP contribution in [-0.2, 0) is 9.63 Å². The van der Waals surface area contributed by atoms with Gasteiger partial charge < -0.3 is 4.84 Å². The van der Waals surface area contributed by atoms with E-state index in [1.54, 1.807) is 20.8 Å². The third-order valence-corrected chi connectivity index (χ3v) is 2.19. The van der Waals surface area contributed by atoms with Crippen LogP contribution in [0, 0.1) is 5.41 Å². The van der Waals surface area contributed by atoms with Crippen molar-refractivity contribution in [2.24, 2.45) is 5.41 Å². The van der Waals surface area contributed by atoms with Crippen molar-refractivity contribution in [2.45, 2.75) is 20.8 Å². The lowest BCUT2D eigenvalue weighted by Crippen LogP contribution is -2.25. The van der Waals surface area contributed by atoms with E-state index >= 15 is 0 Å². The number of carbonyl (C=O) groups is 1. The fourth-order valence-corrected chi connectivity index (χ4v) is 1.21. The molecule has 15 heavy (non-hydrogen) atoms. The molecule has 1 aromatic rings. The van der Waals surface area contributed by atoms with E-state index in [9.17, 15) is 4.79 Å². The average Bonchev–Trinajstić information content (AvgIpc) is 2.12. The van der Waals surface area contributed by atoms with E-state index in [1.165, 1.54) is 0 Å². The van der Waals surface area contributed by atoms with Gasteiger partial charge in [0.1, 0.15) is 0 Å². The second-order valence-corrected chi connectivity index (χ2v) is 5.17. The molecule has 3 nitrogen and oxygen atoms in total. The van der Waals surface area contributed by atoms with Gasteiger partial charge in [0.2, 0.25) is 0 Å². The van der Waals surface area contributed by atoms with Crippen LogP contribution in [0.25, 0.3) is 0 Å². The highest BCUT2D eigenvalue weighted by Gasteiger charge is 2.23. The van der Waals surface area contributed by atoms with E-state index in [4.69, 9.17) is 4.84 Å². The fraction of sp³-hybridized carbons (Fsp3) is 0.364. The van der Waals surface area contributed by atoms with Gasteiger partial charge in [0.25, 0.3) is 0 Å². The lowest BCUT2D eigenvalue weighted by atomic mass is 9.98. The predicted octanol–water partition coefficient (Wildman–Crippen LogP) is 3.37. The molecule has 0 aromatic heterocycles. The minimum Gasteiger partial charge on any atom is -0.343 e. The van der Waals surface area contributed by atoms with Crippen molar-refractivity contribution >= 4 is 27.6 Å².